The Hall–Kier alpha value is -2.38. The summed E-state index contributed by atoms with van der Waals surface area (Å²) in [7, 11) is 0. The van der Waals surface area contributed by atoms with Crippen LogP contribution in [0.25, 0.3) is 0 Å². The van der Waals surface area contributed by atoms with Gasteiger partial charge in [-0.05, 0) is 31.2 Å². The van der Waals surface area contributed by atoms with E-state index in [-0.39, 0.29) is 17.9 Å². The molecule has 1 atom stereocenters. The monoisotopic (exact) mass is 322 g/mol. The Bertz CT molecular complexity index is 698. The van der Waals surface area contributed by atoms with Crippen molar-refractivity contribution in [1.82, 2.24) is 5.48 Å². The van der Waals surface area contributed by atoms with Gasteiger partial charge in [0, 0.05) is 5.02 Å². The lowest BCUT2D eigenvalue weighted by atomic mass is 10.1. The van der Waals surface area contributed by atoms with Crippen LogP contribution in [-0.4, -0.2) is 30.5 Å². The summed E-state index contributed by atoms with van der Waals surface area (Å²) in [6.07, 6.45) is -1.15. The molecule has 2 aliphatic rings. The van der Waals surface area contributed by atoms with Crippen LogP contribution in [0.5, 0.6) is 0 Å². The largest absolute Gasteiger partial charge is 0.461 e. The molecule has 0 saturated carbocycles. The molecule has 114 valence electrons. The summed E-state index contributed by atoms with van der Waals surface area (Å²) in [6.45, 7) is 1.78. The first-order chi connectivity index (χ1) is 10.5. The van der Waals surface area contributed by atoms with Gasteiger partial charge in [0.2, 0.25) is 0 Å². The van der Waals surface area contributed by atoms with Crippen LogP contribution in [0.1, 0.15) is 6.92 Å². The van der Waals surface area contributed by atoms with Gasteiger partial charge < -0.3 is 4.74 Å². The minimum absolute atomic E-state index is 0.0431. The molecule has 1 unspecified atom stereocenters. The van der Waals surface area contributed by atoms with Crippen molar-refractivity contribution in [2.75, 3.05) is 11.5 Å². The molecular weight excluding hydrogens is 312 g/mol. The van der Waals surface area contributed by atoms with Crippen molar-refractivity contribution in [2.45, 2.75) is 13.0 Å². The van der Waals surface area contributed by atoms with Crippen LogP contribution in [0.15, 0.2) is 35.5 Å². The predicted molar refractivity (Wildman–Crippen MR) is 75.6 cm³/mol. The number of amides is 2. The van der Waals surface area contributed by atoms with Crippen molar-refractivity contribution < 1.29 is 24.0 Å². The van der Waals surface area contributed by atoms with Gasteiger partial charge >= 0.3 is 5.97 Å². The molecule has 1 aromatic carbocycles. The Balaban J connectivity index is 1.99. The highest BCUT2D eigenvalue weighted by Crippen LogP contribution is 2.33. The molecule has 1 aromatic rings. The van der Waals surface area contributed by atoms with Crippen molar-refractivity contribution in [3.05, 3.63) is 40.6 Å². The van der Waals surface area contributed by atoms with Crippen LogP contribution in [0, 0.1) is 0 Å². The van der Waals surface area contributed by atoms with Gasteiger partial charge in [0.05, 0.1) is 17.9 Å². The number of rotatable bonds is 3. The van der Waals surface area contributed by atoms with E-state index in [4.69, 9.17) is 21.2 Å². The molecular formula is C14H11ClN2O5. The fraction of sp³-hybridized carbons (Fsp3) is 0.214. The molecule has 8 heteroatoms. The summed E-state index contributed by atoms with van der Waals surface area (Å²) in [5, 5.41) is 0.479. The Labute approximate surface area is 130 Å². The molecule has 0 radical (unpaired) electrons. The van der Waals surface area contributed by atoms with Crippen LogP contribution in [-0.2, 0) is 24.0 Å². The highest BCUT2D eigenvalue weighted by atomic mass is 35.5. The number of nitrogens with one attached hydrogen (secondary N) is 1. The van der Waals surface area contributed by atoms with E-state index in [0.717, 1.165) is 4.90 Å². The highest BCUT2D eigenvalue weighted by molar-refractivity contribution is 6.33. The number of hydrogen-bond donors (Lipinski definition) is 1. The SMILES string of the molecule is CCOC(=O)C1=C2C(=O)N(c3ccc(Cl)cc3)C(=O)C2ON1. The average Bonchev–Trinajstić information content (AvgIpc) is 3.03. The van der Waals surface area contributed by atoms with Gasteiger partial charge in [-0.15, -0.1) is 0 Å². The Kier molecular flexibility index (Phi) is 3.59. The van der Waals surface area contributed by atoms with E-state index in [9.17, 15) is 14.4 Å². The van der Waals surface area contributed by atoms with E-state index in [1.807, 2.05) is 0 Å². The number of anilines is 1. The van der Waals surface area contributed by atoms with Gasteiger partial charge in [-0.1, -0.05) is 11.6 Å². The molecule has 3 rings (SSSR count). The number of nitrogens with zero attached hydrogens (tertiary/aromatic N) is 1. The lowest BCUT2D eigenvalue weighted by Gasteiger charge is -2.15. The molecule has 0 bridgehead atoms. The average molecular weight is 323 g/mol. The summed E-state index contributed by atoms with van der Waals surface area (Å²) in [6, 6.07) is 6.20. The van der Waals surface area contributed by atoms with E-state index in [0.29, 0.717) is 10.7 Å². The number of carbonyl (C=O) groups excluding carboxylic acids is 3. The van der Waals surface area contributed by atoms with Crippen LogP contribution >= 0.6 is 11.6 Å². The van der Waals surface area contributed by atoms with Crippen LogP contribution in [0.3, 0.4) is 0 Å². The second-order valence-corrected chi connectivity index (χ2v) is 5.00. The topological polar surface area (TPSA) is 84.9 Å². The van der Waals surface area contributed by atoms with E-state index >= 15 is 0 Å². The zero-order chi connectivity index (χ0) is 15.9. The lowest BCUT2D eigenvalue weighted by Crippen LogP contribution is -2.35. The van der Waals surface area contributed by atoms with Crippen molar-refractivity contribution in [3.63, 3.8) is 0 Å². The van der Waals surface area contributed by atoms with Crippen molar-refractivity contribution in [2.24, 2.45) is 0 Å². The molecule has 0 aromatic heterocycles. The molecule has 0 aliphatic carbocycles. The van der Waals surface area contributed by atoms with Crippen molar-refractivity contribution in [1.29, 1.82) is 0 Å². The number of ether oxygens (including phenoxy) is 1. The number of fused-ring (bicyclic) bond motifs is 1. The fourth-order valence-electron chi connectivity index (χ4n) is 2.28. The van der Waals surface area contributed by atoms with Gasteiger partial charge in [-0.25, -0.2) is 9.69 Å². The second kappa shape index (κ2) is 5.43. The van der Waals surface area contributed by atoms with Crippen LogP contribution in [0.2, 0.25) is 5.02 Å². The standard InChI is InChI=1S/C14H11ClN2O5/c1-2-21-14(20)10-9-11(22-16-10)13(19)17(12(9)18)8-5-3-7(15)4-6-8/h3-6,11,16H,2H2,1H3. The third-order valence-corrected chi connectivity index (χ3v) is 3.50. The molecule has 2 aliphatic heterocycles. The normalized spacial score (nSPS) is 20.3. The molecule has 1 fully saturated rings. The van der Waals surface area contributed by atoms with Crippen molar-refractivity contribution in [3.8, 4) is 0 Å². The number of carbonyl (C=O) groups is 3. The highest BCUT2D eigenvalue weighted by Gasteiger charge is 2.52. The Morgan fingerprint density at radius 1 is 1.36 bits per heavy atom. The first-order valence-corrected chi connectivity index (χ1v) is 6.89. The summed E-state index contributed by atoms with van der Waals surface area (Å²) in [5.41, 5.74) is 2.48. The zero-order valence-electron chi connectivity index (χ0n) is 11.5. The number of imide groups is 1. The van der Waals surface area contributed by atoms with Gasteiger partial charge in [0.1, 0.15) is 0 Å². The number of esters is 1. The number of halogens is 1. The Morgan fingerprint density at radius 3 is 2.68 bits per heavy atom. The van der Waals surface area contributed by atoms with E-state index in [2.05, 4.69) is 5.48 Å². The molecule has 7 nitrogen and oxygen atoms in total. The van der Waals surface area contributed by atoms with E-state index in [1.165, 1.54) is 12.1 Å². The first-order valence-electron chi connectivity index (χ1n) is 6.51. The third kappa shape index (κ3) is 2.15. The summed E-state index contributed by atoms with van der Waals surface area (Å²) in [4.78, 5) is 42.6. The molecule has 1 N–H and O–H groups in total. The summed E-state index contributed by atoms with van der Waals surface area (Å²) in [5.74, 6) is -1.93. The van der Waals surface area contributed by atoms with Gasteiger partial charge in [0.25, 0.3) is 11.8 Å². The number of benzene rings is 1. The van der Waals surface area contributed by atoms with Crippen LogP contribution in [0.4, 0.5) is 5.69 Å². The molecule has 2 heterocycles. The van der Waals surface area contributed by atoms with Gasteiger partial charge in [-0.3, -0.25) is 19.9 Å². The van der Waals surface area contributed by atoms with E-state index < -0.39 is 23.9 Å². The summed E-state index contributed by atoms with van der Waals surface area (Å²) >= 11 is 5.79. The Morgan fingerprint density at radius 2 is 2.05 bits per heavy atom. The number of hydrogen-bond acceptors (Lipinski definition) is 6. The molecule has 1 saturated heterocycles. The maximum absolute atomic E-state index is 12.5. The fourth-order valence-corrected chi connectivity index (χ4v) is 2.41. The third-order valence-electron chi connectivity index (χ3n) is 3.25. The lowest BCUT2D eigenvalue weighted by molar-refractivity contribution is -0.141. The minimum Gasteiger partial charge on any atom is -0.461 e. The maximum atomic E-state index is 12.5. The maximum Gasteiger partial charge on any atom is 0.357 e. The molecule has 22 heavy (non-hydrogen) atoms. The smallest absolute Gasteiger partial charge is 0.357 e. The zero-order valence-corrected chi connectivity index (χ0v) is 12.2. The predicted octanol–water partition coefficient (Wildman–Crippen LogP) is 0.934. The summed E-state index contributed by atoms with van der Waals surface area (Å²) < 4.78 is 4.84. The van der Waals surface area contributed by atoms with Gasteiger partial charge in [0.15, 0.2) is 11.8 Å². The van der Waals surface area contributed by atoms with Crippen LogP contribution < -0.4 is 10.4 Å². The molecule has 0 spiro atoms. The molecule has 2 amide bonds. The number of hydroxylamine groups is 1. The first kappa shape index (κ1) is 14.6. The quantitative estimate of drug-likeness (QED) is 0.658. The second-order valence-electron chi connectivity index (χ2n) is 4.56. The minimum atomic E-state index is -1.15. The van der Waals surface area contributed by atoms with Crippen molar-refractivity contribution >= 4 is 35.1 Å². The van der Waals surface area contributed by atoms with Gasteiger partial charge in [-0.2, -0.15) is 0 Å². The van der Waals surface area contributed by atoms with E-state index in [1.54, 1.807) is 19.1 Å².